The molecule has 0 fully saturated rings. The van der Waals surface area contributed by atoms with Crippen molar-refractivity contribution < 1.29 is 9.53 Å². The third-order valence-corrected chi connectivity index (χ3v) is 4.59. The molecule has 1 atom stereocenters. The number of nitrogens with one attached hydrogen (secondary N) is 1. The molecule has 0 radical (unpaired) electrons. The van der Waals surface area contributed by atoms with E-state index in [2.05, 4.69) is 15.4 Å². The Kier molecular flexibility index (Phi) is 4.39. The van der Waals surface area contributed by atoms with Gasteiger partial charge in [0.15, 0.2) is 5.82 Å². The van der Waals surface area contributed by atoms with E-state index < -0.39 is 0 Å². The number of nitrogens with zero attached hydrogens (tertiary/aromatic N) is 3. The van der Waals surface area contributed by atoms with Crippen molar-refractivity contribution in [2.75, 3.05) is 0 Å². The van der Waals surface area contributed by atoms with Gasteiger partial charge in [0.25, 0.3) is 0 Å². The van der Waals surface area contributed by atoms with Crippen LogP contribution in [-0.2, 0) is 11.3 Å². The number of amides is 1. The van der Waals surface area contributed by atoms with Crippen molar-refractivity contribution >= 4 is 5.91 Å². The van der Waals surface area contributed by atoms with Gasteiger partial charge in [-0.15, -0.1) is 0 Å². The van der Waals surface area contributed by atoms with Crippen LogP contribution in [0.5, 0.6) is 5.75 Å². The van der Waals surface area contributed by atoms with Crippen LogP contribution in [0.4, 0.5) is 0 Å². The molecule has 0 aliphatic carbocycles. The van der Waals surface area contributed by atoms with Crippen LogP contribution in [0.1, 0.15) is 31.9 Å². The lowest BCUT2D eigenvalue weighted by Gasteiger charge is -2.37. The van der Waals surface area contributed by atoms with Crippen LogP contribution in [0, 0.1) is 0 Å². The van der Waals surface area contributed by atoms with Crippen LogP contribution in [0.25, 0.3) is 11.4 Å². The maximum absolute atomic E-state index is 12.6. The van der Waals surface area contributed by atoms with Gasteiger partial charge in [-0.25, -0.2) is 9.67 Å². The molecule has 0 spiro atoms. The molecule has 3 aromatic rings. The molecular weight excluding hydrogens is 340 g/mol. The zero-order valence-corrected chi connectivity index (χ0v) is 15.4. The largest absolute Gasteiger partial charge is 0.487 e. The van der Waals surface area contributed by atoms with Crippen molar-refractivity contribution in [3.05, 3.63) is 66.5 Å². The van der Waals surface area contributed by atoms with Gasteiger partial charge < -0.3 is 10.1 Å². The number of carbonyl (C=O) groups excluding carboxylic acids is 1. The Hall–Kier alpha value is -3.15. The molecule has 1 N–H and O–H groups in total. The van der Waals surface area contributed by atoms with Crippen LogP contribution < -0.4 is 10.1 Å². The molecule has 0 unspecified atom stereocenters. The van der Waals surface area contributed by atoms with Crippen LogP contribution in [-0.4, -0.2) is 26.3 Å². The summed E-state index contributed by atoms with van der Waals surface area (Å²) in [5, 5.41) is 7.53. The summed E-state index contributed by atoms with van der Waals surface area (Å²) in [6, 6.07) is 17.5. The Morgan fingerprint density at radius 1 is 1.19 bits per heavy atom. The molecule has 0 saturated carbocycles. The van der Waals surface area contributed by atoms with Gasteiger partial charge in [0, 0.05) is 17.5 Å². The number of hydrogen-bond acceptors (Lipinski definition) is 4. The molecule has 6 nitrogen and oxygen atoms in total. The van der Waals surface area contributed by atoms with Gasteiger partial charge in [-0.2, -0.15) is 5.10 Å². The fourth-order valence-electron chi connectivity index (χ4n) is 3.41. The lowest BCUT2D eigenvalue weighted by Crippen LogP contribution is -2.42. The number of hydrogen-bond donors (Lipinski definition) is 1. The number of aromatic nitrogens is 3. The first-order valence-electron chi connectivity index (χ1n) is 9.02. The van der Waals surface area contributed by atoms with E-state index in [4.69, 9.17) is 4.74 Å². The van der Waals surface area contributed by atoms with Crippen LogP contribution >= 0.6 is 0 Å². The third kappa shape index (κ3) is 3.84. The highest BCUT2D eigenvalue weighted by Crippen LogP contribution is 2.39. The smallest absolute Gasteiger partial charge is 0.242 e. The Morgan fingerprint density at radius 3 is 2.74 bits per heavy atom. The van der Waals surface area contributed by atoms with E-state index in [0.29, 0.717) is 12.2 Å². The van der Waals surface area contributed by atoms with E-state index in [1.807, 2.05) is 68.4 Å². The first-order valence-corrected chi connectivity index (χ1v) is 9.02. The molecule has 138 valence electrons. The molecule has 4 rings (SSSR count). The molecule has 2 aromatic carbocycles. The van der Waals surface area contributed by atoms with Crippen LogP contribution in [0.15, 0.2) is 60.9 Å². The van der Waals surface area contributed by atoms with E-state index in [9.17, 15) is 4.79 Å². The molecule has 1 aromatic heterocycles. The number of carbonyl (C=O) groups is 1. The minimum Gasteiger partial charge on any atom is -0.487 e. The first-order chi connectivity index (χ1) is 13.0. The zero-order valence-electron chi connectivity index (χ0n) is 15.4. The molecule has 6 heteroatoms. The van der Waals surface area contributed by atoms with E-state index >= 15 is 0 Å². The summed E-state index contributed by atoms with van der Waals surface area (Å²) in [5.74, 6) is 1.34. The molecule has 2 heterocycles. The van der Waals surface area contributed by atoms with Crippen molar-refractivity contribution in [3.63, 3.8) is 0 Å². The summed E-state index contributed by atoms with van der Waals surface area (Å²) in [6.07, 6.45) is 2.30. The second-order valence-electron chi connectivity index (χ2n) is 7.36. The monoisotopic (exact) mass is 362 g/mol. The minimum absolute atomic E-state index is 0.0884. The standard InChI is InChI=1S/C21H22N4O2/c1-21(2)12-17(16-10-6-7-11-18(16)27-21)23-19(26)13-25-14-22-20(24-25)15-8-4-3-5-9-15/h3-11,14,17H,12-13H2,1-2H3,(H,23,26)/t17-/m1/s1. The lowest BCUT2D eigenvalue weighted by molar-refractivity contribution is -0.123. The van der Waals surface area contributed by atoms with E-state index in [1.165, 1.54) is 0 Å². The number of para-hydroxylation sites is 1. The van der Waals surface area contributed by atoms with Crippen molar-refractivity contribution in [2.24, 2.45) is 0 Å². The molecule has 1 amide bonds. The van der Waals surface area contributed by atoms with E-state index in [0.717, 1.165) is 16.9 Å². The van der Waals surface area contributed by atoms with Gasteiger partial charge in [-0.05, 0) is 19.9 Å². The summed E-state index contributed by atoms with van der Waals surface area (Å²) in [7, 11) is 0. The Bertz CT molecular complexity index is 950. The van der Waals surface area contributed by atoms with Gasteiger partial charge in [-0.1, -0.05) is 48.5 Å². The predicted molar refractivity (Wildman–Crippen MR) is 102 cm³/mol. The van der Waals surface area contributed by atoms with Crippen molar-refractivity contribution in [1.29, 1.82) is 0 Å². The van der Waals surface area contributed by atoms with E-state index in [-0.39, 0.29) is 24.1 Å². The van der Waals surface area contributed by atoms with Gasteiger partial charge in [0.05, 0.1) is 6.04 Å². The van der Waals surface area contributed by atoms with Crippen molar-refractivity contribution in [2.45, 2.75) is 38.5 Å². The second-order valence-corrected chi connectivity index (χ2v) is 7.36. The minimum atomic E-state index is -0.333. The average Bonchev–Trinajstić information content (AvgIpc) is 3.10. The normalized spacial score (nSPS) is 17.6. The molecule has 1 aliphatic rings. The molecule has 27 heavy (non-hydrogen) atoms. The maximum Gasteiger partial charge on any atom is 0.242 e. The molecule has 1 aliphatic heterocycles. The summed E-state index contributed by atoms with van der Waals surface area (Å²) >= 11 is 0. The molecule has 0 bridgehead atoms. The number of rotatable bonds is 4. The zero-order chi connectivity index (χ0) is 18.9. The van der Waals surface area contributed by atoms with Gasteiger partial charge in [-0.3, -0.25) is 4.79 Å². The second kappa shape index (κ2) is 6.87. The Morgan fingerprint density at radius 2 is 1.93 bits per heavy atom. The van der Waals surface area contributed by atoms with Gasteiger partial charge in [0.2, 0.25) is 5.91 Å². The fraction of sp³-hybridized carbons (Fsp3) is 0.286. The summed E-state index contributed by atoms with van der Waals surface area (Å²) in [5.41, 5.74) is 1.60. The maximum atomic E-state index is 12.6. The highest BCUT2D eigenvalue weighted by molar-refractivity contribution is 5.76. The van der Waals surface area contributed by atoms with Gasteiger partial charge in [0.1, 0.15) is 24.2 Å². The van der Waals surface area contributed by atoms with Crippen molar-refractivity contribution in [3.8, 4) is 17.1 Å². The lowest BCUT2D eigenvalue weighted by atomic mass is 9.89. The van der Waals surface area contributed by atoms with Gasteiger partial charge >= 0.3 is 0 Å². The number of ether oxygens (including phenoxy) is 1. The summed E-state index contributed by atoms with van der Waals surface area (Å²) in [6.45, 7) is 4.19. The van der Waals surface area contributed by atoms with E-state index in [1.54, 1.807) is 11.0 Å². The number of fused-ring (bicyclic) bond motifs is 1. The SMILES string of the molecule is CC1(C)C[C@@H](NC(=O)Cn2cnc(-c3ccccc3)n2)c2ccccc2O1. The van der Waals surface area contributed by atoms with Crippen LogP contribution in [0.3, 0.4) is 0 Å². The summed E-state index contributed by atoms with van der Waals surface area (Å²) < 4.78 is 7.59. The molecular formula is C21H22N4O2. The molecule has 0 saturated heterocycles. The highest BCUT2D eigenvalue weighted by Gasteiger charge is 2.34. The fourth-order valence-corrected chi connectivity index (χ4v) is 3.41. The van der Waals surface area contributed by atoms with Crippen LogP contribution in [0.2, 0.25) is 0 Å². The third-order valence-electron chi connectivity index (χ3n) is 4.59. The van der Waals surface area contributed by atoms with Crippen molar-refractivity contribution in [1.82, 2.24) is 20.1 Å². The topological polar surface area (TPSA) is 69.0 Å². The average molecular weight is 362 g/mol. The Labute approximate surface area is 158 Å². The quantitative estimate of drug-likeness (QED) is 0.773. The highest BCUT2D eigenvalue weighted by atomic mass is 16.5. The first kappa shape index (κ1) is 17.3. The predicted octanol–water partition coefficient (Wildman–Crippen LogP) is 3.36. The number of benzene rings is 2. The summed E-state index contributed by atoms with van der Waals surface area (Å²) in [4.78, 5) is 16.9. The Balaban J connectivity index is 1.46.